The maximum absolute atomic E-state index is 5.83. The number of hydrogen-bond donors (Lipinski definition) is 0. The molecule has 0 heterocycles. The van der Waals surface area contributed by atoms with Gasteiger partial charge in [-0.25, -0.2) is 0 Å². The van der Waals surface area contributed by atoms with Gasteiger partial charge in [0.1, 0.15) is 0 Å². The molecule has 0 spiro atoms. The number of benzene rings is 1. The molecule has 1 saturated carbocycles. The monoisotopic (exact) mass is 232 g/mol. The van der Waals surface area contributed by atoms with Crippen LogP contribution in [0.1, 0.15) is 31.7 Å². The molecular weight excluding hydrogens is 212 g/mol. The van der Waals surface area contributed by atoms with Gasteiger partial charge in [0, 0.05) is 0 Å². The van der Waals surface area contributed by atoms with Crippen molar-refractivity contribution in [2.75, 3.05) is 13.2 Å². The van der Waals surface area contributed by atoms with Crippen LogP contribution in [0.25, 0.3) is 6.08 Å². The second kappa shape index (κ2) is 5.76. The minimum Gasteiger partial charge on any atom is -0.490 e. The molecule has 0 aromatic heterocycles. The van der Waals surface area contributed by atoms with Gasteiger partial charge in [0.05, 0.1) is 13.2 Å². The quantitative estimate of drug-likeness (QED) is 0.740. The van der Waals surface area contributed by atoms with Gasteiger partial charge in [-0.3, -0.25) is 0 Å². The van der Waals surface area contributed by atoms with E-state index in [0.717, 1.165) is 29.6 Å². The molecule has 0 N–H and O–H groups in total. The molecule has 92 valence electrons. The van der Waals surface area contributed by atoms with E-state index in [1.165, 1.54) is 19.3 Å². The Labute approximate surface area is 103 Å². The van der Waals surface area contributed by atoms with Crippen molar-refractivity contribution >= 4 is 6.08 Å². The van der Waals surface area contributed by atoms with Gasteiger partial charge in [0.15, 0.2) is 11.5 Å². The lowest BCUT2D eigenvalue weighted by Gasteiger charge is -2.25. The molecule has 0 bridgehead atoms. The van der Waals surface area contributed by atoms with E-state index in [1.54, 1.807) is 0 Å². The lowest BCUT2D eigenvalue weighted by molar-refractivity contribution is 0.174. The highest BCUT2D eigenvalue weighted by molar-refractivity contribution is 5.54. The van der Waals surface area contributed by atoms with Crippen LogP contribution in [0, 0.1) is 5.92 Å². The van der Waals surface area contributed by atoms with Crippen molar-refractivity contribution < 1.29 is 9.47 Å². The van der Waals surface area contributed by atoms with Crippen molar-refractivity contribution in [3.8, 4) is 11.5 Å². The van der Waals surface area contributed by atoms with Crippen LogP contribution >= 0.6 is 0 Å². The first-order valence-electron chi connectivity index (χ1n) is 6.35. The highest BCUT2D eigenvalue weighted by Crippen LogP contribution is 2.32. The summed E-state index contributed by atoms with van der Waals surface area (Å²) in [6.45, 7) is 7.21. The summed E-state index contributed by atoms with van der Waals surface area (Å²) in [6, 6.07) is 5.96. The minimum absolute atomic E-state index is 0.653. The van der Waals surface area contributed by atoms with Crippen LogP contribution in [-0.2, 0) is 0 Å². The maximum Gasteiger partial charge on any atom is 0.161 e. The largest absolute Gasteiger partial charge is 0.490 e. The molecule has 1 aliphatic carbocycles. The van der Waals surface area contributed by atoms with Crippen molar-refractivity contribution in [2.24, 2.45) is 5.92 Å². The second-order valence-electron chi connectivity index (χ2n) is 4.45. The van der Waals surface area contributed by atoms with Gasteiger partial charge in [-0.05, 0) is 43.4 Å². The topological polar surface area (TPSA) is 18.5 Å². The molecule has 1 fully saturated rings. The fraction of sp³-hybridized carbons (Fsp3) is 0.467. The van der Waals surface area contributed by atoms with E-state index in [9.17, 15) is 0 Å². The highest BCUT2D eigenvalue weighted by atomic mass is 16.5. The van der Waals surface area contributed by atoms with Crippen molar-refractivity contribution in [2.45, 2.75) is 26.2 Å². The molecule has 2 heteroatoms. The van der Waals surface area contributed by atoms with Gasteiger partial charge in [-0.2, -0.15) is 0 Å². The molecule has 0 saturated heterocycles. The first-order valence-corrected chi connectivity index (χ1v) is 6.35. The lowest BCUT2D eigenvalue weighted by atomic mass is 9.86. The van der Waals surface area contributed by atoms with E-state index in [-0.39, 0.29) is 0 Å². The highest BCUT2D eigenvalue weighted by Gasteiger charge is 2.18. The van der Waals surface area contributed by atoms with Gasteiger partial charge in [0.2, 0.25) is 0 Å². The van der Waals surface area contributed by atoms with E-state index in [1.807, 2.05) is 31.2 Å². The molecule has 1 aromatic carbocycles. The zero-order chi connectivity index (χ0) is 12.1. The van der Waals surface area contributed by atoms with Gasteiger partial charge >= 0.3 is 0 Å². The van der Waals surface area contributed by atoms with Crippen LogP contribution in [0.4, 0.5) is 0 Å². The Morgan fingerprint density at radius 1 is 1.29 bits per heavy atom. The Morgan fingerprint density at radius 3 is 2.71 bits per heavy atom. The summed E-state index contributed by atoms with van der Waals surface area (Å²) >= 11 is 0. The number of hydrogen-bond acceptors (Lipinski definition) is 2. The van der Waals surface area contributed by atoms with Crippen molar-refractivity contribution in [3.63, 3.8) is 0 Å². The minimum atomic E-state index is 0.653. The average molecular weight is 232 g/mol. The average Bonchev–Trinajstić information content (AvgIpc) is 2.29. The first-order chi connectivity index (χ1) is 8.33. The summed E-state index contributed by atoms with van der Waals surface area (Å²) in [6.07, 6.45) is 5.77. The summed E-state index contributed by atoms with van der Waals surface area (Å²) < 4.78 is 11.4. The smallest absolute Gasteiger partial charge is 0.161 e. The van der Waals surface area contributed by atoms with E-state index < -0.39 is 0 Å². The molecule has 0 aliphatic heterocycles. The standard InChI is InChI=1S/C15H20O2/c1-3-12-8-9-14(15(10-12)16-4-2)17-11-13-6-5-7-13/h3,8-10,13H,1,4-7,11H2,2H3. The summed E-state index contributed by atoms with van der Waals surface area (Å²) in [5, 5.41) is 0. The van der Waals surface area contributed by atoms with E-state index >= 15 is 0 Å². The Balaban J connectivity index is 2.04. The third kappa shape index (κ3) is 3.02. The van der Waals surface area contributed by atoms with Gasteiger partial charge in [-0.15, -0.1) is 0 Å². The van der Waals surface area contributed by atoms with Gasteiger partial charge in [-0.1, -0.05) is 25.1 Å². The predicted molar refractivity (Wildman–Crippen MR) is 70.5 cm³/mol. The van der Waals surface area contributed by atoms with Crippen LogP contribution in [0.5, 0.6) is 11.5 Å². The zero-order valence-electron chi connectivity index (χ0n) is 10.4. The van der Waals surface area contributed by atoms with E-state index in [2.05, 4.69) is 6.58 Å². The summed E-state index contributed by atoms with van der Waals surface area (Å²) in [5.74, 6) is 2.41. The molecule has 2 nitrogen and oxygen atoms in total. The van der Waals surface area contributed by atoms with E-state index in [4.69, 9.17) is 9.47 Å². The first kappa shape index (κ1) is 12.0. The molecule has 0 unspecified atom stereocenters. The Kier molecular flexibility index (Phi) is 4.08. The second-order valence-corrected chi connectivity index (χ2v) is 4.45. The fourth-order valence-electron chi connectivity index (χ4n) is 1.91. The zero-order valence-corrected chi connectivity index (χ0v) is 10.4. The summed E-state index contributed by atoms with van der Waals surface area (Å²) in [5.41, 5.74) is 1.06. The molecule has 1 aromatic rings. The fourth-order valence-corrected chi connectivity index (χ4v) is 1.91. The van der Waals surface area contributed by atoms with Crippen molar-refractivity contribution in [1.29, 1.82) is 0 Å². The van der Waals surface area contributed by atoms with E-state index in [0.29, 0.717) is 6.61 Å². The van der Waals surface area contributed by atoms with Crippen LogP contribution in [-0.4, -0.2) is 13.2 Å². The summed E-state index contributed by atoms with van der Waals surface area (Å²) in [7, 11) is 0. The molecule has 0 amide bonds. The summed E-state index contributed by atoms with van der Waals surface area (Å²) in [4.78, 5) is 0. The van der Waals surface area contributed by atoms with Crippen LogP contribution in [0.2, 0.25) is 0 Å². The van der Waals surface area contributed by atoms with Gasteiger partial charge < -0.3 is 9.47 Å². The third-order valence-corrected chi connectivity index (χ3v) is 3.20. The maximum atomic E-state index is 5.83. The normalized spacial score (nSPS) is 15.1. The van der Waals surface area contributed by atoms with Crippen molar-refractivity contribution in [1.82, 2.24) is 0 Å². The molecule has 1 aliphatic rings. The Bertz CT molecular complexity index is 381. The predicted octanol–water partition coefficient (Wildman–Crippen LogP) is 3.91. The SMILES string of the molecule is C=Cc1ccc(OCC2CCC2)c(OCC)c1. The Hall–Kier alpha value is -1.44. The lowest BCUT2D eigenvalue weighted by Crippen LogP contribution is -2.19. The molecule has 0 atom stereocenters. The van der Waals surface area contributed by atoms with Crippen LogP contribution in [0.3, 0.4) is 0 Å². The van der Waals surface area contributed by atoms with Crippen molar-refractivity contribution in [3.05, 3.63) is 30.3 Å². The molecule has 17 heavy (non-hydrogen) atoms. The van der Waals surface area contributed by atoms with Crippen LogP contribution < -0.4 is 9.47 Å². The number of rotatable bonds is 6. The molecule has 0 radical (unpaired) electrons. The molecule has 2 rings (SSSR count). The van der Waals surface area contributed by atoms with Gasteiger partial charge in [0.25, 0.3) is 0 Å². The Morgan fingerprint density at radius 2 is 2.12 bits per heavy atom. The third-order valence-electron chi connectivity index (χ3n) is 3.20. The number of ether oxygens (including phenoxy) is 2. The molecular formula is C15H20O2. The van der Waals surface area contributed by atoms with Crippen LogP contribution in [0.15, 0.2) is 24.8 Å².